The predicted molar refractivity (Wildman–Crippen MR) is 82.6 cm³/mol. The zero-order valence-electron chi connectivity index (χ0n) is 12.2. The number of amides is 1. The van der Waals surface area contributed by atoms with Crippen LogP contribution in [0.15, 0.2) is 34.6 Å². The van der Waals surface area contributed by atoms with E-state index in [0.717, 1.165) is 16.9 Å². The van der Waals surface area contributed by atoms with E-state index in [4.69, 9.17) is 10.5 Å². The van der Waals surface area contributed by atoms with Crippen LogP contribution in [0.3, 0.4) is 0 Å². The number of carbonyl (C=O) groups excluding carboxylic acids is 1. The molecule has 6 heteroatoms. The summed E-state index contributed by atoms with van der Waals surface area (Å²) < 4.78 is 5.73. The van der Waals surface area contributed by atoms with Crippen molar-refractivity contribution in [2.24, 2.45) is 5.73 Å². The largest absolute Gasteiger partial charge is 0.489 e. The molecule has 2 aromatic rings. The normalized spacial score (nSPS) is 14.7. The van der Waals surface area contributed by atoms with Crippen LogP contribution in [0.1, 0.15) is 29.2 Å². The first kappa shape index (κ1) is 14.2. The van der Waals surface area contributed by atoms with Crippen molar-refractivity contribution in [3.63, 3.8) is 0 Å². The molecular formula is C16H17N3O3. The summed E-state index contributed by atoms with van der Waals surface area (Å²) in [6.07, 6.45) is 2.04. The molecule has 3 rings (SSSR count). The van der Waals surface area contributed by atoms with Gasteiger partial charge in [-0.25, -0.2) is 0 Å². The lowest BCUT2D eigenvalue weighted by Crippen LogP contribution is -2.24. The Balaban J connectivity index is 2.06. The van der Waals surface area contributed by atoms with Gasteiger partial charge >= 0.3 is 0 Å². The van der Waals surface area contributed by atoms with Crippen molar-refractivity contribution in [1.29, 1.82) is 0 Å². The van der Waals surface area contributed by atoms with Crippen molar-refractivity contribution < 1.29 is 9.53 Å². The number of carbonyl (C=O) groups is 1. The third kappa shape index (κ3) is 2.55. The van der Waals surface area contributed by atoms with Gasteiger partial charge in [-0.15, -0.1) is 0 Å². The van der Waals surface area contributed by atoms with E-state index in [1.54, 1.807) is 6.92 Å². The minimum Gasteiger partial charge on any atom is -0.489 e. The molecule has 1 atom stereocenters. The van der Waals surface area contributed by atoms with Crippen LogP contribution in [0.5, 0.6) is 5.75 Å². The molecule has 4 N–H and O–H groups in total. The van der Waals surface area contributed by atoms with Crippen molar-refractivity contribution in [1.82, 2.24) is 10.2 Å². The summed E-state index contributed by atoms with van der Waals surface area (Å²) >= 11 is 0. The van der Waals surface area contributed by atoms with Gasteiger partial charge in [0, 0.05) is 29.2 Å². The van der Waals surface area contributed by atoms with Gasteiger partial charge in [0.25, 0.3) is 5.56 Å². The lowest BCUT2D eigenvalue weighted by Gasteiger charge is -2.23. The number of aromatic amines is 2. The summed E-state index contributed by atoms with van der Waals surface area (Å²) in [5.74, 6) is -0.0469. The average molecular weight is 299 g/mol. The molecule has 22 heavy (non-hydrogen) atoms. The quantitative estimate of drug-likeness (QED) is 0.796. The van der Waals surface area contributed by atoms with Crippen molar-refractivity contribution in [3.05, 3.63) is 57.0 Å². The van der Waals surface area contributed by atoms with Crippen molar-refractivity contribution >= 4 is 12.0 Å². The monoisotopic (exact) mass is 299 g/mol. The van der Waals surface area contributed by atoms with Crippen LogP contribution < -0.4 is 16.0 Å². The van der Waals surface area contributed by atoms with E-state index in [1.807, 2.05) is 30.3 Å². The van der Waals surface area contributed by atoms with Gasteiger partial charge in [0.05, 0.1) is 0 Å². The molecular weight excluding hydrogens is 282 g/mol. The maximum atomic E-state index is 12.0. The lowest BCUT2D eigenvalue weighted by atomic mass is 9.86. The topological polar surface area (TPSA) is 101 Å². The number of para-hydroxylation sites is 1. The Hall–Kier alpha value is -2.76. The highest BCUT2D eigenvalue weighted by Gasteiger charge is 2.27. The van der Waals surface area contributed by atoms with Crippen LogP contribution in [0.4, 0.5) is 0 Å². The Bertz CT molecular complexity index is 801. The summed E-state index contributed by atoms with van der Waals surface area (Å²) in [5.41, 5.74) is 8.18. The number of primary amides is 1. The Morgan fingerprint density at radius 2 is 2.14 bits per heavy atom. The highest BCUT2D eigenvalue weighted by Crippen LogP contribution is 2.34. The van der Waals surface area contributed by atoms with Crippen LogP contribution in [0, 0.1) is 6.92 Å². The number of fused-ring (bicyclic) bond motifs is 1. The minimum absolute atomic E-state index is 0.0686. The molecule has 1 amide bonds. The Labute approximate surface area is 127 Å². The molecule has 2 heterocycles. The third-order valence-corrected chi connectivity index (χ3v) is 3.87. The van der Waals surface area contributed by atoms with Gasteiger partial charge in [0.15, 0.2) is 0 Å². The molecule has 6 nitrogen and oxygen atoms in total. The minimum atomic E-state index is -0.454. The molecule has 1 aromatic heterocycles. The highest BCUT2D eigenvalue weighted by molar-refractivity contribution is 5.76. The van der Waals surface area contributed by atoms with Gasteiger partial charge in [0.2, 0.25) is 5.91 Å². The standard InChI is InChI=1S/C16H17N3O3/c1-9-15(16(21)19-18-9)12(7-14(17)20)11-6-10-4-2-3-5-13(10)22-8-11/h2-6,12H,7-8H2,1H3,(H2,17,20)(H2,18,19,21). The van der Waals surface area contributed by atoms with Crippen molar-refractivity contribution in [2.45, 2.75) is 19.3 Å². The first-order valence-electron chi connectivity index (χ1n) is 7.04. The number of H-pyrrole nitrogens is 2. The van der Waals surface area contributed by atoms with Gasteiger partial charge < -0.3 is 15.6 Å². The fourth-order valence-corrected chi connectivity index (χ4v) is 2.83. The molecule has 0 saturated heterocycles. The Morgan fingerprint density at radius 3 is 2.82 bits per heavy atom. The van der Waals surface area contributed by atoms with Crippen LogP contribution in [-0.4, -0.2) is 22.7 Å². The molecule has 0 bridgehead atoms. The third-order valence-electron chi connectivity index (χ3n) is 3.87. The van der Waals surface area contributed by atoms with Gasteiger partial charge in [-0.05, 0) is 24.6 Å². The molecule has 1 unspecified atom stereocenters. The summed E-state index contributed by atoms with van der Waals surface area (Å²) in [6.45, 7) is 2.12. The van der Waals surface area contributed by atoms with Crippen molar-refractivity contribution in [3.8, 4) is 5.75 Å². The second-order valence-electron chi connectivity index (χ2n) is 5.39. The van der Waals surface area contributed by atoms with Gasteiger partial charge in [0.1, 0.15) is 12.4 Å². The van der Waals surface area contributed by atoms with Crippen LogP contribution in [0.25, 0.3) is 6.08 Å². The second-order valence-corrected chi connectivity index (χ2v) is 5.39. The number of aryl methyl sites for hydroxylation is 1. The van der Waals surface area contributed by atoms with Crippen molar-refractivity contribution in [2.75, 3.05) is 6.61 Å². The molecule has 0 aliphatic carbocycles. The van der Waals surface area contributed by atoms with E-state index < -0.39 is 5.91 Å². The summed E-state index contributed by atoms with van der Waals surface area (Å²) in [5, 5.41) is 5.34. The van der Waals surface area contributed by atoms with E-state index >= 15 is 0 Å². The first-order chi connectivity index (χ1) is 10.6. The highest BCUT2D eigenvalue weighted by atomic mass is 16.5. The molecule has 0 fully saturated rings. The fraction of sp³-hybridized carbons (Fsp3) is 0.250. The Morgan fingerprint density at radius 1 is 1.36 bits per heavy atom. The SMILES string of the molecule is Cc1[nH][nH]c(=O)c1C(CC(N)=O)C1=Cc2ccccc2OC1. The van der Waals surface area contributed by atoms with Gasteiger partial charge in [-0.2, -0.15) is 0 Å². The molecule has 0 spiro atoms. The number of nitrogens with two attached hydrogens (primary N) is 1. The van der Waals surface area contributed by atoms with Crippen LogP contribution in [-0.2, 0) is 4.79 Å². The van der Waals surface area contributed by atoms with E-state index in [9.17, 15) is 9.59 Å². The number of benzene rings is 1. The average Bonchev–Trinajstić information content (AvgIpc) is 2.83. The Kier molecular flexibility index (Phi) is 3.58. The first-order valence-corrected chi connectivity index (χ1v) is 7.04. The van der Waals surface area contributed by atoms with E-state index in [-0.39, 0.29) is 17.9 Å². The summed E-state index contributed by atoms with van der Waals surface area (Å²) in [6, 6.07) is 7.64. The second kappa shape index (κ2) is 5.55. The zero-order chi connectivity index (χ0) is 15.7. The molecule has 1 aromatic carbocycles. The number of hydrogen-bond donors (Lipinski definition) is 3. The van der Waals surface area contributed by atoms with E-state index in [0.29, 0.717) is 17.9 Å². The van der Waals surface area contributed by atoms with Crippen LogP contribution in [0.2, 0.25) is 0 Å². The fourth-order valence-electron chi connectivity index (χ4n) is 2.83. The summed E-state index contributed by atoms with van der Waals surface area (Å²) in [4.78, 5) is 23.5. The molecule has 1 aliphatic heterocycles. The predicted octanol–water partition coefficient (Wildman–Crippen LogP) is 1.45. The molecule has 1 aliphatic rings. The molecule has 0 saturated carbocycles. The maximum absolute atomic E-state index is 12.0. The number of ether oxygens (including phenoxy) is 1. The molecule has 0 radical (unpaired) electrons. The smallest absolute Gasteiger partial charge is 0.267 e. The number of aromatic nitrogens is 2. The van der Waals surface area contributed by atoms with Crippen LogP contribution >= 0.6 is 0 Å². The lowest BCUT2D eigenvalue weighted by molar-refractivity contribution is -0.118. The van der Waals surface area contributed by atoms with Gasteiger partial charge in [-0.1, -0.05) is 18.2 Å². The number of hydrogen-bond acceptors (Lipinski definition) is 3. The zero-order valence-corrected chi connectivity index (χ0v) is 12.2. The van der Waals surface area contributed by atoms with E-state index in [1.165, 1.54) is 0 Å². The van der Waals surface area contributed by atoms with E-state index in [2.05, 4.69) is 10.2 Å². The summed E-state index contributed by atoms with van der Waals surface area (Å²) in [7, 11) is 0. The number of nitrogens with one attached hydrogen (secondary N) is 2. The van der Waals surface area contributed by atoms with Gasteiger partial charge in [-0.3, -0.25) is 14.7 Å². The number of rotatable bonds is 4. The maximum Gasteiger partial charge on any atom is 0.267 e. The molecule has 114 valence electrons.